The van der Waals surface area contributed by atoms with Crippen LogP contribution in [-0.4, -0.2) is 37.1 Å². The fourth-order valence-electron chi connectivity index (χ4n) is 3.06. The second kappa shape index (κ2) is 10.1. The molecule has 0 aromatic heterocycles. The summed E-state index contributed by atoms with van der Waals surface area (Å²) in [4.78, 5) is 24.7. The summed E-state index contributed by atoms with van der Waals surface area (Å²) < 4.78 is 12.9. The molecule has 1 aliphatic heterocycles. The molecular formula is C19H29FN4O2. The first-order valence-corrected chi connectivity index (χ1v) is 9.29. The number of carbonyl (C=O) groups excluding carboxylic acids is 2. The van der Waals surface area contributed by atoms with E-state index in [0.717, 1.165) is 31.5 Å². The highest BCUT2D eigenvalue weighted by Crippen LogP contribution is 2.11. The third-order valence-electron chi connectivity index (χ3n) is 4.68. The Morgan fingerprint density at radius 2 is 2.04 bits per heavy atom. The Labute approximate surface area is 154 Å². The first-order valence-electron chi connectivity index (χ1n) is 9.29. The Kier molecular flexibility index (Phi) is 7.84. The van der Waals surface area contributed by atoms with Crippen molar-refractivity contribution in [2.45, 2.75) is 51.7 Å². The van der Waals surface area contributed by atoms with Crippen LogP contribution in [0.3, 0.4) is 0 Å². The van der Waals surface area contributed by atoms with E-state index >= 15 is 0 Å². The van der Waals surface area contributed by atoms with Crippen molar-refractivity contribution in [3.63, 3.8) is 0 Å². The third kappa shape index (κ3) is 6.29. The molecule has 0 saturated carbocycles. The summed E-state index contributed by atoms with van der Waals surface area (Å²) >= 11 is 0. The molecule has 0 spiro atoms. The number of urea groups is 1. The third-order valence-corrected chi connectivity index (χ3v) is 4.68. The molecule has 4 N–H and O–H groups in total. The molecule has 3 atom stereocenters. The van der Waals surface area contributed by atoms with Crippen LogP contribution in [-0.2, 0) is 11.3 Å². The van der Waals surface area contributed by atoms with Gasteiger partial charge in [0.25, 0.3) is 0 Å². The Morgan fingerprint density at radius 3 is 2.69 bits per heavy atom. The zero-order valence-electron chi connectivity index (χ0n) is 15.5. The number of hydrogen-bond acceptors (Lipinski definition) is 3. The van der Waals surface area contributed by atoms with Crippen LogP contribution in [0.4, 0.5) is 9.18 Å². The van der Waals surface area contributed by atoms with Crippen LogP contribution >= 0.6 is 0 Å². The fraction of sp³-hybridized carbons (Fsp3) is 0.579. The average Bonchev–Trinajstić information content (AvgIpc) is 2.63. The van der Waals surface area contributed by atoms with Gasteiger partial charge in [-0.1, -0.05) is 32.4 Å². The van der Waals surface area contributed by atoms with Gasteiger partial charge in [0, 0.05) is 12.6 Å². The summed E-state index contributed by atoms with van der Waals surface area (Å²) in [5.74, 6) is -0.0881. The van der Waals surface area contributed by atoms with Gasteiger partial charge in [0.1, 0.15) is 11.9 Å². The van der Waals surface area contributed by atoms with Gasteiger partial charge in [-0.05, 0) is 49.5 Å². The van der Waals surface area contributed by atoms with Crippen molar-refractivity contribution in [1.82, 2.24) is 21.3 Å². The molecule has 0 radical (unpaired) electrons. The van der Waals surface area contributed by atoms with Gasteiger partial charge in [0.15, 0.2) is 0 Å². The zero-order valence-corrected chi connectivity index (χ0v) is 15.5. The molecule has 144 valence electrons. The maximum atomic E-state index is 12.9. The van der Waals surface area contributed by atoms with Crippen LogP contribution in [0.1, 0.15) is 38.7 Å². The minimum atomic E-state index is -0.560. The second-order valence-electron chi connectivity index (χ2n) is 6.88. The largest absolute Gasteiger partial charge is 0.351 e. The van der Waals surface area contributed by atoms with Gasteiger partial charge < -0.3 is 21.3 Å². The fourth-order valence-corrected chi connectivity index (χ4v) is 3.06. The monoisotopic (exact) mass is 364 g/mol. The number of piperidine rings is 1. The normalized spacial score (nSPS) is 20.9. The number of carbonyl (C=O) groups is 2. The van der Waals surface area contributed by atoms with Crippen molar-refractivity contribution in [3.05, 3.63) is 35.6 Å². The van der Waals surface area contributed by atoms with Crippen molar-refractivity contribution >= 4 is 11.9 Å². The van der Waals surface area contributed by atoms with Crippen molar-refractivity contribution < 1.29 is 14.0 Å². The van der Waals surface area contributed by atoms with Gasteiger partial charge in [-0.3, -0.25) is 4.79 Å². The molecule has 0 aliphatic carbocycles. The van der Waals surface area contributed by atoms with E-state index in [9.17, 15) is 14.0 Å². The maximum Gasteiger partial charge on any atom is 0.315 e. The number of halogens is 1. The molecule has 1 aromatic carbocycles. The first kappa shape index (κ1) is 20.2. The van der Waals surface area contributed by atoms with Crippen molar-refractivity contribution in [1.29, 1.82) is 0 Å². The van der Waals surface area contributed by atoms with E-state index < -0.39 is 12.1 Å². The van der Waals surface area contributed by atoms with Crippen LogP contribution in [0, 0.1) is 11.7 Å². The van der Waals surface area contributed by atoms with E-state index in [1.165, 1.54) is 12.1 Å². The Balaban J connectivity index is 1.84. The highest BCUT2D eigenvalue weighted by Gasteiger charge is 2.26. The standard InChI is InChI=1S/C19H29FN4O2/c1-3-4-17(18(25)23-16-9-10-21-11-13(16)2)24-19(26)22-12-14-5-7-15(20)8-6-14/h5-8,13,16-17,21H,3-4,9-12H2,1-2H3,(H,23,25)(H2,22,24,26). The van der Waals surface area contributed by atoms with Crippen LogP contribution in [0.15, 0.2) is 24.3 Å². The molecule has 2 rings (SSSR count). The Hall–Kier alpha value is -2.15. The summed E-state index contributed by atoms with van der Waals surface area (Å²) in [6.07, 6.45) is 2.26. The molecule has 1 saturated heterocycles. The summed E-state index contributed by atoms with van der Waals surface area (Å²) in [7, 11) is 0. The lowest BCUT2D eigenvalue weighted by atomic mass is 9.95. The molecule has 1 aliphatic rings. The lowest BCUT2D eigenvalue weighted by molar-refractivity contribution is -0.124. The van der Waals surface area contributed by atoms with Crippen molar-refractivity contribution in [2.24, 2.45) is 5.92 Å². The van der Waals surface area contributed by atoms with Crippen molar-refractivity contribution in [3.8, 4) is 0 Å². The van der Waals surface area contributed by atoms with Crippen molar-refractivity contribution in [2.75, 3.05) is 13.1 Å². The van der Waals surface area contributed by atoms with Gasteiger partial charge in [0.05, 0.1) is 0 Å². The van der Waals surface area contributed by atoms with Crippen LogP contribution in [0.5, 0.6) is 0 Å². The lowest BCUT2D eigenvalue weighted by Gasteiger charge is -2.31. The predicted molar refractivity (Wildman–Crippen MR) is 99.0 cm³/mol. The molecule has 7 heteroatoms. The number of rotatable bonds is 7. The molecule has 1 fully saturated rings. The minimum Gasteiger partial charge on any atom is -0.351 e. The summed E-state index contributed by atoms with van der Waals surface area (Å²) in [6, 6.07) is 5.10. The topological polar surface area (TPSA) is 82.3 Å². The van der Waals surface area contributed by atoms with Gasteiger partial charge >= 0.3 is 6.03 Å². The average molecular weight is 364 g/mol. The first-order chi connectivity index (χ1) is 12.5. The van der Waals surface area contributed by atoms with Gasteiger partial charge in [-0.25, -0.2) is 9.18 Å². The molecule has 3 amide bonds. The summed E-state index contributed by atoms with van der Waals surface area (Å²) in [5.41, 5.74) is 0.793. The van der Waals surface area contributed by atoms with E-state index in [-0.39, 0.29) is 24.3 Å². The van der Waals surface area contributed by atoms with E-state index in [4.69, 9.17) is 0 Å². The number of benzene rings is 1. The number of hydrogen-bond donors (Lipinski definition) is 4. The number of nitrogens with one attached hydrogen (secondary N) is 4. The summed E-state index contributed by atoms with van der Waals surface area (Å²) in [5, 5.41) is 11.8. The van der Waals surface area contributed by atoms with Crippen LogP contribution in [0.25, 0.3) is 0 Å². The molecule has 1 aromatic rings. The van der Waals surface area contributed by atoms with Gasteiger partial charge in [0.2, 0.25) is 5.91 Å². The lowest BCUT2D eigenvalue weighted by Crippen LogP contribution is -2.55. The molecule has 0 bridgehead atoms. The SMILES string of the molecule is CCCC(NC(=O)NCc1ccc(F)cc1)C(=O)NC1CCNCC1C. The Morgan fingerprint density at radius 1 is 1.31 bits per heavy atom. The predicted octanol–water partition coefficient (Wildman–Crippen LogP) is 1.91. The highest BCUT2D eigenvalue weighted by atomic mass is 19.1. The van der Waals surface area contributed by atoms with E-state index in [1.54, 1.807) is 12.1 Å². The number of amides is 3. The maximum absolute atomic E-state index is 12.9. The Bertz CT molecular complexity index is 594. The van der Waals surface area contributed by atoms with E-state index in [2.05, 4.69) is 28.2 Å². The smallest absolute Gasteiger partial charge is 0.315 e. The van der Waals surface area contributed by atoms with Crippen LogP contribution < -0.4 is 21.3 Å². The quantitative estimate of drug-likeness (QED) is 0.596. The van der Waals surface area contributed by atoms with Gasteiger partial charge in [-0.2, -0.15) is 0 Å². The highest BCUT2D eigenvalue weighted by molar-refractivity contribution is 5.87. The molecule has 6 nitrogen and oxygen atoms in total. The minimum absolute atomic E-state index is 0.132. The molecular weight excluding hydrogens is 335 g/mol. The molecule has 26 heavy (non-hydrogen) atoms. The second-order valence-corrected chi connectivity index (χ2v) is 6.88. The van der Waals surface area contributed by atoms with E-state index in [0.29, 0.717) is 12.3 Å². The van der Waals surface area contributed by atoms with Crippen LogP contribution in [0.2, 0.25) is 0 Å². The van der Waals surface area contributed by atoms with Gasteiger partial charge in [-0.15, -0.1) is 0 Å². The summed E-state index contributed by atoms with van der Waals surface area (Å²) in [6.45, 7) is 6.13. The zero-order chi connectivity index (χ0) is 18.9. The molecule has 1 heterocycles. The molecule has 3 unspecified atom stereocenters. The van der Waals surface area contributed by atoms with E-state index in [1.807, 2.05) is 6.92 Å².